The Labute approximate surface area is 189 Å². The van der Waals surface area contributed by atoms with Crippen LogP contribution >= 0.6 is 11.7 Å². The maximum absolute atomic E-state index is 4.81. The van der Waals surface area contributed by atoms with Crippen molar-refractivity contribution in [2.75, 3.05) is 0 Å². The van der Waals surface area contributed by atoms with Gasteiger partial charge in [0, 0.05) is 11.1 Å². The summed E-state index contributed by atoms with van der Waals surface area (Å²) in [5, 5.41) is 0. The molecule has 2 nitrogen and oxygen atoms in total. The minimum absolute atomic E-state index is 0.157. The summed E-state index contributed by atoms with van der Waals surface area (Å²) in [5.74, 6) is 0.541. The second-order valence-corrected chi connectivity index (χ2v) is 10.7. The molecule has 0 atom stereocenters. The van der Waals surface area contributed by atoms with Crippen molar-refractivity contribution in [2.24, 2.45) is 0 Å². The molecule has 3 aromatic carbocycles. The zero-order valence-corrected chi connectivity index (χ0v) is 19.9. The van der Waals surface area contributed by atoms with Crippen molar-refractivity contribution in [3.05, 3.63) is 70.8 Å². The SMILES string of the molecule is CC(C)c1ccc(-c2c3c(c(-c4ccc(C(C)(C)C)cc4)c4nsnc24)CCC3)cc1. The van der Waals surface area contributed by atoms with E-state index in [9.17, 15) is 0 Å². The monoisotopic (exact) mass is 426 g/mol. The van der Waals surface area contributed by atoms with E-state index >= 15 is 0 Å². The lowest BCUT2D eigenvalue weighted by molar-refractivity contribution is 0.590. The topological polar surface area (TPSA) is 25.8 Å². The van der Waals surface area contributed by atoms with Gasteiger partial charge in [-0.25, -0.2) is 0 Å². The van der Waals surface area contributed by atoms with Gasteiger partial charge < -0.3 is 0 Å². The van der Waals surface area contributed by atoms with E-state index in [-0.39, 0.29) is 5.41 Å². The minimum atomic E-state index is 0.157. The first-order valence-electron chi connectivity index (χ1n) is 11.4. The molecule has 158 valence electrons. The molecule has 0 unspecified atom stereocenters. The van der Waals surface area contributed by atoms with Gasteiger partial charge in [-0.15, -0.1) is 0 Å². The van der Waals surface area contributed by atoms with Gasteiger partial charge in [0.15, 0.2) is 0 Å². The van der Waals surface area contributed by atoms with Gasteiger partial charge in [0.1, 0.15) is 11.0 Å². The molecule has 0 spiro atoms. The number of nitrogens with zero attached hydrogens (tertiary/aromatic N) is 2. The molecule has 0 saturated carbocycles. The van der Waals surface area contributed by atoms with E-state index in [4.69, 9.17) is 8.75 Å². The van der Waals surface area contributed by atoms with Crippen LogP contribution in [0, 0.1) is 0 Å². The molecule has 1 aliphatic carbocycles. The summed E-state index contributed by atoms with van der Waals surface area (Å²) in [5.41, 5.74) is 13.1. The number of aromatic nitrogens is 2. The van der Waals surface area contributed by atoms with E-state index in [0.29, 0.717) is 5.92 Å². The highest BCUT2D eigenvalue weighted by Crippen LogP contribution is 2.45. The average molecular weight is 427 g/mol. The zero-order chi connectivity index (χ0) is 21.8. The quantitative estimate of drug-likeness (QED) is 0.332. The van der Waals surface area contributed by atoms with Crippen LogP contribution in [0.1, 0.15) is 69.2 Å². The standard InChI is InChI=1S/C28H30N2S/c1-17(2)18-9-11-19(12-10-18)24-22-7-6-8-23(22)25(27-26(24)29-31-30-27)20-13-15-21(16-14-20)28(3,4)5/h9-17H,6-8H2,1-5H3. The molecular formula is C28H30N2S. The molecule has 0 saturated heterocycles. The van der Waals surface area contributed by atoms with Gasteiger partial charge in [-0.05, 0) is 64.0 Å². The van der Waals surface area contributed by atoms with Crippen molar-refractivity contribution in [3.8, 4) is 22.3 Å². The number of rotatable bonds is 3. The molecule has 4 aromatic rings. The molecule has 5 rings (SSSR count). The normalized spacial score (nSPS) is 13.9. The largest absolute Gasteiger partial charge is 0.172 e. The van der Waals surface area contributed by atoms with E-state index in [1.165, 1.54) is 62.7 Å². The van der Waals surface area contributed by atoms with Gasteiger partial charge in [-0.2, -0.15) is 8.75 Å². The van der Waals surface area contributed by atoms with E-state index < -0.39 is 0 Å². The number of hydrogen-bond donors (Lipinski definition) is 0. The van der Waals surface area contributed by atoms with Gasteiger partial charge >= 0.3 is 0 Å². The lowest BCUT2D eigenvalue weighted by atomic mass is 9.84. The Morgan fingerprint density at radius 1 is 0.742 bits per heavy atom. The number of hydrogen-bond acceptors (Lipinski definition) is 3. The Morgan fingerprint density at radius 3 is 1.68 bits per heavy atom. The van der Waals surface area contributed by atoms with Crippen molar-refractivity contribution in [1.82, 2.24) is 8.75 Å². The Balaban J connectivity index is 1.71. The van der Waals surface area contributed by atoms with Gasteiger partial charge in [0.05, 0.1) is 11.7 Å². The van der Waals surface area contributed by atoms with Crippen LogP contribution in [0.2, 0.25) is 0 Å². The smallest absolute Gasteiger partial charge is 0.113 e. The van der Waals surface area contributed by atoms with Crippen molar-refractivity contribution < 1.29 is 0 Å². The Morgan fingerprint density at radius 2 is 1.23 bits per heavy atom. The van der Waals surface area contributed by atoms with E-state index in [2.05, 4.69) is 83.1 Å². The van der Waals surface area contributed by atoms with Crippen LogP contribution in [-0.2, 0) is 18.3 Å². The molecule has 3 heteroatoms. The first-order chi connectivity index (χ1) is 14.8. The highest BCUT2D eigenvalue weighted by atomic mass is 32.1. The lowest BCUT2D eigenvalue weighted by Crippen LogP contribution is -2.10. The van der Waals surface area contributed by atoms with Crippen LogP contribution in [0.5, 0.6) is 0 Å². The molecule has 0 aliphatic heterocycles. The number of benzene rings is 3. The fraction of sp³-hybridized carbons (Fsp3) is 0.357. The van der Waals surface area contributed by atoms with Gasteiger partial charge in [-0.1, -0.05) is 83.1 Å². The molecule has 0 N–H and O–H groups in total. The molecule has 1 aromatic heterocycles. The van der Waals surface area contributed by atoms with Crippen molar-refractivity contribution in [3.63, 3.8) is 0 Å². The van der Waals surface area contributed by atoms with Crippen LogP contribution in [-0.4, -0.2) is 8.75 Å². The third-order valence-corrected chi connectivity index (χ3v) is 7.22. The predicted octanol–water partition coefficient (Wildman–Crippen LogP) is 7.93. The Kier molecular flexibility index (Phi) is 4.97. The van der Waals surface area contributed by atoms with E-state index in [0.717, 1.165) is 23.9 Å². The fourth-order valence-electron chi connectivity index (χ4n) is 4.89. The molecule has 1 aliphatic rings. The van der Waals surface area contributed by atoms with Crippen LogP contribution < -0.4 is 0 Å². The van der Waals surface area contributed by atoms with Crippen LogP contribution in [0.15, 0.2) is 48.5 Å². The average Bonchev–Trinajstić information content (AvgIpc) is 3.41. The highest BCUT2D eigenvalue weighted by molar-refractivity contribution is 7.00. The third kappa shape index (κ3) is 3.49. The number of fused-ring (bicyclic) bond motifs is 2. The summed E-state index contributed by atoms with van der Waals surface area (Å²) in [6.07, 6.45) is 3.45. The van der Waals surface area contributed by atoms with E-state index in [1.807, 2.05) is 0 Å². The molecule has 0 fully saturated rings. The summed E-state index contributed by atoms with van der Waals surface area (Å²) in [4.78, 5) is 0. The zero-order valence-electron chi connectivity index (χ0n) is 19.1. The Bertz CT molecular complexity index is 1240. The van der Waals surface area contributed by atoms with Crippen LogP contribution in [0.3, 0.4) is 0 Å². The first kappa shape index (κ1) is 20.4. The maximum Gasteiger partial charge on any atom is 0.113 e. The highest BCUT2D eigenvalue weighted by Gasteiger charge is 2.27. The van der Waals surface area contributed by atoms with E-state index in [1.54, 1.807) is 0 Å². The fourth-order valence-corrected chi connectivity index (χ4v) is 5.45. The summed E-state index contributed by atoms with van der Waals surface area (Å²) >= 11 is 1.34. The lowest BCUT2D eigenvalue weighted by Gasteiger charge is -2.20. The second kappa shape index (κ2) is 7.56. The first-order valence-corrected chi connectivity index (χ1v) is 12.1. The maximum atomic E-state index is 4.81. The van der Waals surface area contributed by atoms with Crippen LogP contribution in [0.25, 0.3) is 33.3 Å². The van der Waals surface area contributed by atoms with Gasteiger partial charge in [-0.3, -0.25) is 0 Å². The van der Waals surface area contributed by atoms with Gasteiger partial charge in [0.2, 0.25) is 0 Å². The van der Waals surface area contributed by atoms with Gasteiger partial charge in [0.25, 0.3) is 0 Å². The molecule has 31 heavy (non-hydrogen) atoms. The van der Waals surface area contributed by atoms with Crippen molar-refractivity contribution >= 4 is 22.8 Å². The van der Waals surface area contributed by atoms with Crippen molar-refractivity contribution in [2.45, 2.75) is 65.2 Å². The molecule has 1 heterocycles. The molecular weight excluding hydrogens is 396 g/mol. The second-order valence-electron chi connectivity index (χ2n) is 10.1. The predicted molar refractivity (Wildman–Crippen MR) is 133 cm³/mol. The molecule has 0 amide bonds. The summed E-state index contributed by atoms with van der Waals surface area (Å²) in [7, 11) is 0. The summed E-state index contributed by atoms with van der Waals surface area (Å²) < 4.78 is 9.61. The minimum Gasteiger partial charge on any atom is -0.172 e. The van der Waals surface area contributed by atoms with Crippen molar-refractivity contribution in [1.29, 1.82) is 0 Å². The molecule has 0 bridgehead atoms. The Hall–Kier alpha value is -2.52. The van der Waals surface area contributed by atoms with Crippen LogP contribution in [0.4, 0.5) is 0 Å². The molecule has 0 radical (unpaired) electrons. The third-order valence-electron chi connectivity index (χ3n) is 6.69. The summed E-state index contributed by atoms with van der Waals surface area (Å²) in [6, 6.07) is 18.2. The summed E-state index contributed by atoms with van der Waals surface area (Å²) in [6.45, 7) is 11.3.